The molecule has 2 rings (SSSR count). The van der Waals surface area contributed by atoms with Crippen molar-refractivity contribution in [2.24, 2.45) is 0 Å². The van der Waals surface area contributed by atoms with Crippen LogP contribution in [0.3, 0.4) is 0 Å². The van der Waals surface area contributed by atoms with Crippen LogP contribution >= 0.6 is 0 Å². The van der Waals surface area contributed by atoms with Gasteiger partial charge in [-0.3, -0.25) is 9.78 Å². The summed E-state index contributed by atoms with van der Waals surface area (Å²) in [5.74, 6) is -0.223. The molecule has 0 bridgehead atoms. The van der Waals surface area contributed by atoms with Gasteiger partial charge in [0.15, 0.2) is 0 Å². The van der Waals surface area contributed by atoms with E-state index in [9.17, 15) is 4.79 Å². The summed E-state index contributed by atoms with van der Waals surface area (Å²) in [6.07, 6.45) is 1.57. The van der Waals surface area contributed by atoms with Crippen LogP contribution in [0.15, 0.2) is 48.7 Å². The van der Waals surface area contributed by atoms with E-state index < -0.39 is 0 Å². The third kappa shape index (κ3) is 4.57. The normalized spacial score (nSPS) is 11.7. The minimum absolute atomic E-state index is 0.0257. The Morgan fingerprint density at radius 1 is 1.29 bits per heavy atom. The maximum absolute atomic E-state index is 12.1. The van der Waals surface area contributed by atoms with Crippen LogP contribution in [0.2, 0.25) is 0 Å². The number of benzene rings is 1. The molecule has 0 saturated heterocycles. The van der Waals surface area contributed by atoms with E-state index in [0.29, 0.717) is 12.2 Å². The Hall–Kier alpha value is -2.40. The van der Waals surface area contributed by atoms with Crippen LogP contribution in [0.1, 0.15) is 23.0 Å². The van der Waals surface area contributed by atoms with E-state index in [0.717, 1.165) is 11.3 Å². The van der Waals surface area contributed by atoms with Crippen LogP contribution in [0.5, 0.6) is 0 Å². The monoisotopic (exact) mass is 285 g/mol. The Bertz CT molecular complexity index is 587. The molecule has 1 atom stereocenters. The number of pyridine rings is 1. The molecule has 0 aliphatic carbocycles. The van der Waals surface area contributed by atoms with Crippen molar-refractivity contribution in [2.45, 2.75) is 19.5 Å². The van der Waals surface area contributed by atoms with Crippen molar-refractivity contribution < 1.29 is 9.90 Å². The summed E-state index contributed by atoms with van der Waals surface area (Å²) in [6.45, 7) is 2.35. The van der Waals surface area contributed by atoms with Crippen molar-refractivity contribution in [1.82, 2.24) is 10.3 Å². The first-order valence-corrected chi connectivity index (χ1v) is 6.84. The number of aliphatic hydroxyl groups is 1. The highest BCUT2D eigenvalue weighted by Gasteiger charge is 2.08. The lowest BCUT2D eigenvalue weighted by Crippen LogP contribution is -2.24. The zero-order valence-corrected chi connectivity index (χ0v) is 11.9. The molecule has 0 radical (unpaired) electrons. The van der Waals surface area contributed by atoms with E-state index in [1.54, 1.807) is 18.3 Å². The molecule has 2 aromatic rings. The van der Waals surface area contributed by atoms with Gasteiger partial charge in [-0.2, -0.15) is 0 Å². The summed E-state index contributed by atoms with van der Waals surface area (Å²) in [7, 11) is 0. The van der Waals surface area contributed by atoms with Gasteiger partial charge in [-0.05, 0) is 24.6 Å². The minimum atomic E-state index is -0.223. The fraction of sp³-hybridized carbons (Fsp3) is 0.250. The molecular formula is C16H19N3O2. The summed E-state index contributed by atoms with van der Waals surface area (Å²) in [5, 5.41) is 14.9. The van der Waals surface area contributed by atoms with Gasteiger partial charge in [-0.25, -0.2) is 0 Å². The molecule has 1 unspecified atom stereocenters. The van der Waals surface area contributed by atoms with E-state index >= 15 is 0 Å². The molecule has 0 aliphatic heterocycles. The molecule has 1 aromatic heterocycles. The van der Waals surface area contributed by atoms with Crippen molar-refractivity contribution >= 4 is 11.6 Å². The molecule has 0 spiro atoms. The highest BCUT2D eigenvalue weighted by Crippen LogP contribution is 2.09. The third-order valence-corrected chi connectivity index (χ3v) is 2.98. The summed E-state index contributed by atoms with van der Waals surface area (Å²) in [4.78, 5) is 16.1. The highest BCUT2D eigenvalue weighted by atomic mass is 16.3. The smallest absolute Gasteiger partial charge is 0.270 e. The van der Waals surface area contributed by atoms with Gasteiger partial charge in [0, 0.05) is 24.5 Å². The molecule has 0 saturated carbocycles. The Kier molecular flexibility index (Phi) is 5.29. The summed E-state index contributed by atoms with van der Waals surface area (Å²) in [6, 6.07) is 13.1. The van der Waals surface area contributed by atoms with Crippen molar-refractivity contribution in [1.29, 1.82) is 0 Å². The first-order chi connectivity index (χ1) is 10.2. The zero-order chi connectivity index (χ0) is 15.1. The van der Waals surface area contributed by atoms with Gasteiger partial charge >= 0.3 is 0 Å². The van der Waals surface area contributed by atoms with Gasteiger partial charge in [-0.15, -0.1) is 0 Å². The summed E-state index contributed by atoms with van der Waals surface area (Å²) in [5.41, 5.74) is 2.14. The lowest BCUT2D eigenvalue weighted by molar-refractivity contribution is 0.0946. The van der Waals surface area contributed by atoms with Gasteiger partial charge < -0.3 is 15.7 Å². The quantitative estimate of drug-likeness (QED) is 0.756. The van der Waals surface area contributed by atoms with Crippen molar-refractivity contribution in [3.8, 4) is 0 Å². The SMILES string of the molecule is CC(CO)Nc1ccnc(C(=O)NCc2ccccc2)c1. The number of carbonyl (C=O) groups is 1. The number of aliphatic hydroxyl groups excluding tert-OH is 1. The molecule has 21 heavy (non-hydrogen) atoms. The number of anilines is 1. The van der Waals surface area contributed by atoms with E-state index in [-0.39, 0.29) is 18.6 Å². The molecule has 0 fully saturated rings. The number of nitrogens with zero attached hydrogens (tertiary/aromatic N) is 1. The van der Waals surface area contributed by atoms with Crippen LogP contribution in [0.4, 0.5) is 5.69 Å². The predicted molar refractivity (Wildman–Crippen MR) is 82.0 cm³/mol. The second kappa shape index (κ2) is 7.40. The lowest BCUT2D eigenvalue weighted by Gasteiger charge is -2.12. The van der Waals surface area contributed by atoms with Crippen LogP contribution in [-0.2, 0) is 6.54 Å². The number of carbonyl (C=O) groups excluding carboxylic acids is 1. The minimum Gasteiger partial charge on any atom is -0.394 e. The van der Waals surface area contributed by atoms with Gasteiger partial charge in [0.1, 0.15) is 5.69 Å². The number of amides is 1. The lowest BCUT2D eigenvalue weighted by atomic mass is 10.2. The maximum Gasteiger partial charge on any atom is 0.270 e. The molecule has 110 valence electrons. The predicted octanol–water partition coefficient (Wildman–Crippen LogP) is 1.80. The Labute approximate surface area is 124 Å². The van der Waals surface area contributed by atoms with Gasteiger partial charge in [0.25, 0.3) is 5.91 Å². The van der Waals surface area contributed by atoms with Crippen LogP contribution in [0, 0.1) is 0 Å². The molecule has 5 nitrogen and oxygen atoms in total. The average molecular weight is 285 g/mol. The molecule has 1 heterocycles. The Balaban J connectivity index is 1.97. The van der Waals surface area contributed by atoms with E-state index in [1.165, 1.54) is 0 Å². The molecule has 5 heteroatoms. The van der Waals surface area contributed by atoms with Crippen molar-refractivity contribution in [3.05, 3.63) is 59.9 Å². The molecule has 0 aliphatic rings. The molecular weight excluding hydrogens is 266 g/mol. The fourth-order valence-corrected chi connectivity index (χ4v) is 1.84. The van der Waals surface area contributed by atoms with Crippen LogP contribution in [0.25, 0.3) is 0 Å². The summed E-state index contributed by atoms with van der Waals surface area (Å²) < 4.78 is 0. The molecule has 1 amide bonds. The number of nitrogens with one attached hydrogen (secondary N) is 2. The van der Waals surface area contributed by atoms with Crippen LogP contribution in [-0.4, -0.2) is 28.6 Å². The second-order valence-electron chi connectivity index (χ2n) is 4.83. The second-order valence-corrected chi connectivity index (χ2v) is 4.83. The largest absolute Gasteiger partial charge is 0.394 e. The standard InChI is InChI=1S/C16H19N3O2/c1-12(11-20)19-14-7-8-17-15(9-14)16(21)18-10-13-5-3-2-4-6-13/h2-9,12,20H,10-11H2,1H3,(H,17,19)(H,18,21). The van der Waals surface area contributed by atoms with Gasteiger partial charge in [-0.1, -0.05) is 30.3 Å². The van der Waals surface area contributed by atoms with E-state index in [2.05, 4.69) is 15.6 Å². The average Bonchev–Trinajstić information content (AvgIpc) is 2.53. The molecule has 3 N–H and O–H groups in total. The first kappa shape index (κ1) is 15.0. The topological polar surface area (TPSA) is 74.2 Å². The first-order valence-electron chi connectivity index (χ1n) is 6.84. The third-order valence-electron chi connectivity index (χ3n) is 2.98. The van der Waals surface area contributed by atoms with Gasteiger partial charge in [0.05, 0.1) is 6.61 Å². The Morgan fingerprint density at radius 3 is 2.76 bits per heavy atom. The highest BCUT2D eigenvalue weighted by molar-refractivity contribution is 5.93. The van der Waals surface area contributed by atoms with Crippen LogP contribution < -0.4 is 10.6 Å². The zero-order valence-electron chi connectivity index (χ0n) is 11.9. The van der Waals surface area contributed by atoms with Gasteiger partial charge in [0.2, 0.25) is 0 Å². The van der Waals surface area contributed by atoms with Crippen molar-refractivity contribution in [3.63, 3.8) is 0 Å². The number of hydrogen-bond acceptors (Lipinski definition) is 4. The van der Waals surface area contributed by atoms with E-state index in [1.807, 2.05) is 37.3 Å². The Morgan fingerprint density at radius 2 is 2.05 bits per heavy atom. The maximum atomic E-state index is 12.1. The van der Waals surface area contributed by atoms with E-state index in [4.69, 9.17) is 5.11 Å². The molecule has 1 aromatic carbocycles. The number of hydrogen-bond donors (Lipinski definition) is 3. The van der Waals surface area contributed by atoms with Crippen molar-refractivity contribution in [2.75, 3.05) is 11.9 Å². The summed E-state index contributed by atoms with van der Waals surface area (Å²) >= 11 is 0. The number of aromatic nitrogens is 1. The number of rotatable bonds is 6. The fourth-order valence-electron chi connectivity index (χ4n) is 1.84.